The summed E-state index contributed by atoms with van der Waals surface area (Å²) in [6.45, 7) is 1.41. The van der Waals surface area contributed by atoms with E-state index in [9.17, 15) is 9.59 Å². The number of carbonyl (C=O) groups excluding carboxylic acids is 2. The quantitative estimate of drug-likeness (QED) is 0.512. The Hall–Kier alpha value is -2.65. The highest BCUT2D eigenvalue weighted by Crippen LogP contribution is 2.35. The zero-order chi connectivity index (χ0) is 19.4. The van der Waals surface area contributed by atoms with E-state index in [4.69, 9.17) is 13.9 Å². The molecule has 0 aliphatic carbocycles. The van der Waals surface area contributed by atoms with Crippen molar-refractivity contribution in [3.63, 3.8) is 0 Å². The predicted molar refractivity (Wildman–Crippen MR) is 103 cm³/mol. The molecule has 0 aliphatic rings. The van der Waals surface area contributed by atoms with E-state index >= 15 is 0 Å². The van der Waals surface area contributed by atoms with E-state index in [0.29, 0.717) is 26.9 Å². The fourth-order valence-electron chi connectivity index (χ4n) is 2.32. The molecule has 0 unspecified atom stereocenters. The Balaban J connectivity index is 1.76. The fourth-order valence-corrected chi connectivity index (χ4v) is 3.49. The second-order valence-corrected chi connectivity index (χ2v) is 6.95. The van der Waals surface area contributed by atoms with Crippen LogP contribution in [-0.4, -0.2) is 24.0 Å². The zero-order valence-corrected chi connectivity index (χ0v) is 16.9. The number of hydrogen-bond donors (Lipinski definition) is 0. The lowest BCUT2D eigenvalue weighted by Crippen LogP contribution is -2.23. The summed E-state index contributed by atoms with van der Waals surface area (Å²) in [5.41, 5.74) is 1.11. The van der Waals surface area contributed by atoms with Crippen LogP contribution in [0, 0.1) is 0 Å². The summed E-state index contributed by atoms with van der Waals surface area (Å²) in [6.07, 6.45) is 0. The third-order valence-corrected chi connectivity index (χ3v) is 4.80. The molecule has 0 fully saturated rings. The number of methoxy groups -OCH3 is 1. The SMILES string of the molecule is COc1ccccc1N(C(C)=O)c1nc(COC(=O)c2ccc(Br)o2)cs1. The van der Waals surface area contributed by atoms with Gasteiger partial charge in [0.25, 0.3) is 0 Å². The van der Waals surface area contributed by atoms with Gasteiger partial charge in [0.1, 0.15) is 12.4 Å². The number of amides is 1. The molecule has 2 heterocycles. The summed E-state index contributed by atoms with van der Waals surface area (Å²) < 4.78 is 16.1. The Labute approximate surface area is 167 Å². The molecule has 0 radical (unpaired) electrons. The van der Waals surface area contributed by atoms with Crippen molar-refractivity contribution in [1.29, 1.82) is 0 Å². The molecule has 2 aromatic heterocycles. The van der Waals surface area contributed by atoms with Crippen LogP contribution < -0.4 is 9.64 Å². The Bertz CT molecular complexity index is 968. The van der Waals surface area contributed by atoms with E-state index in [0.717, 1.165) is 0 Å². The molecule has 0 aliphatic heterocycles. The van der Waals surface area contributed by atoms with Gasteiger partial charge in [-0.2, -0.15) is 0 Å². The normalized spacial score (nSPS) is 10.5. The second kappa shape index (κ2) is 8.36. The van der Waals surface area contributed by atoms with Gasteiger partial charge in [-0.15, -0.1) is 11.3 Å². The van der Waals surface area contributed by atoms with Crippen LogP contribution in [0.2, 0.25) is 0 Å². The first-order chi connectivity index (χ1) is 13.0. The van der Waals surface area contributed by atoms with Gasteiger partial charge < -0.3 is 13.9 Å². The van der Waals surface area contributed by atoms with Crippen LogP contribution in [0.3, 0.4) is 0 Å². The number of ether oxygens (including phenoxy) is 2. The summed E-state index contributed by atoms with van der Waals surface area (Å²) in [7, 11) is 1.54. The van der Waals surface area contributed by atoms with Crippen molar-refractivity contribution < 1.29 is 23.5 Å². The molecular formula is C18H15BrN2O5S. The average molecular weight is 451 g/mol. The molecule has 0 spiro atoms. The van der Waals surface area contributed by atoms with E-state index in [1.807, 2.05) is 12.1 Å². The Morgan fingerprint density at radius 3 is 2.70 bits per heavy atom. The van der Waals surface area contributed by atoms with Gasteiger partial charge in [-0.25, -0.2) is 9.78 Å². The summed E-state index contributed by atoms with van der Waals surface area (Å²) in [5, 5.41) is 2.19. The predicted octanol–water partition coefficient (Wildman–Crippen LogP) is 4.55. The summed E-state index contributed by atoms with van der Waals surface area (Å²) in [4.78, 5) is 30.0. The smallest absolute Gasteiger partial charge is 0.374 e. The van der Waals surface area contributed by atoms with Gasteiger partial charge >= 0.3 is 5.97 Å². The zero-order valence-electron chi connectivity index (χ0n) is 14.5. The number of aromatic nitrogens is 1. The van der Waals surface area contributed by atoms with Crippen molar-refractivity contribution in [1.82, 2.24) is 4.98 Å². The minimum atomic E-state index is -0.594. The van der Waals surface area contributed by atoms with E-state index in [-0.39, 0.29) is 18.3 Å². The number of hydrogen-bond acceptors (Lipinski definition) is 7. The summed E-state index contributed by atoms with van der Waals surface area (Å²) in [6, 6.07) is 10.3. The monoisotopic (exact) mass is 450 g/mol. The van der Waals surface area contributed by atoms with Gasteiger partial charge in [0.05, 0.1) is 18.5 Å². The van der Waals surface area contributed by atoms with Crippen molar-refractivity contribution in [2.24, 2.45) is 0 Å². The lowest BCUT2D eigenvalue weighted by Gasteiger charge is -2.20. The maximum atomic E-state index is 12.2. The maximum absolute atomic E-state index is 12.2. The highest BCUT2D eigenvalue weighted by atomic mass is 79.9. The van der Waals surface area contributed by atoms with Gasteiger partial charge in [-0.3, -0.25) is 9.69 Å². The molecule has 0 bridgehead atoms. The molecule has 9 heteroatoms. The lowest BCUT2D eigenvalue weighted by atomic mass is 10.2. The molecule has 27 heavy (non-hydrogen) atoms. The Kier molecular flexibility index (Phi) is 5.92. The number of benzene rings is 1. The largest absolute Gasteiger partial charge is 0.495 e. The number of para-hydroxylation sites is 2. The van der Waals surface area contributed by atoms with Crippen molar-refractivity contribution in [3.05, 3.63) is 57.9 Å². The molecule has 1 amide bonds. The van der Waals surface area contributed by atoms with Crippen molar-refractivity contribution in [3.8, 4) is 5.75 Å². The third-order valence-electron chi connectivity index (χ3n) is 3.50. The number of anilines is 2. The number of rotatable bonds is 6. The lowest BCUT2D eigenvalue weighted by molar-refractivity contribution is -0.115. The highest BCUT2D eigenvalue weighted by Gasteiger charge is 2.21. The van der Waals surface area contributed by atoms with E-state index < -0.39 is 5.97 Å². The molecule has 3 aromatic rings. The summed E-state index contributed by atoms with van der Waals surface area (Å²) in [5.74, 6) is -0.155. The molecule has 0 N–H and O–H groups in total. The van der Waals surface area contributed by atoms with Gasteiger partial charge in [0.15, 0.2) is 9.80 Å². The van der Waals surface area contributed by atoms with E-state index in [1.165, 1.54) is 36.3 Å². The number of thiazole rings is 1. The van der Waals surface area contributed by atoms with Crippen LogP contribution >= 0.6 is 27.3 Å². The van der Waals surface area contributed by atoms with Crippen LogP contribution in [0.5, 0.6) is 5.75 Å². The molecular weight excluding hydrogens is 436 g/mol. The molecule has 7 nitrogen and oxygen atoms in total. The molecule has 3 rings (SSSR count). The van der Waals surface area contributed by atoms with Crippen LogP contribution in [0.1, 0.15) is 23.2 Å². The van der Waals surface area contributed by atoms with Crippen LogP contribution in [-0.2, 0) is 16.1 Å². The topological polar surface area (TPSA) is 81.9 Å². The number of nitrogens with zero attached hydrogens (tertiary/aromatic N) is 2. The van der Waals surface area contributed by atoms with Crippen LogP contribution in [0.15, 0.2) is 50.9 Å². The fraction of sp³-hybridized carbons (Fsp3) is 0.167. The maximum Gasteiger partial charge on any atom is 0.374 e. The number of furan rings is 1. The first-order valence-corrected chi connectivity index (χ1v) is 9.47. The Morgan fingerprint density at radius 2 is 2.04 bits per heavy atom. The van der Waals surface area contributed by atoms with Gasteiger partial charge in [-0.05, 0) is 40.2 Å². The van der Waals surface area contributed by atoms with Crippen molar-refractivity contribution >= 4 is 50.0 Å². The minimum absolute atomic E-state index is 0.0364. The van der Waals surface area contributed by atoms with E-state index in [2.05, 4.69) is 20.9 Å². The minimum Gasteiger partial charge on any atom is -0.495 e. The van der Waals surface area contributed by atoms with Gasteiger partial charge in [0.2, 0.25) is 11.7 Å². The van der Waals surface area contributed by atoms with Crippen molar-refractivity contribution in [2.75, 3.05) is 12.0 Å². The molecule has 0 saturated heterocycles. The highest BCUT2D eigenvalue weighted by molar-refractivity contribution is 9.10. The van der Waals surface area contributed by atoms with Gasteiger partial charge in [0, 0.05) is 12.3 Å². The second-order valence-electron chi connectivity index (χ2n) is 5.33. The van der Waals surface area contributed by atoms with Crippen molar-refractivity contribution in [2.45, 2.75) is 13.5 Å². The van der Waals surface area contributed by atoms with E-state index in [1.54, 1.807) is 23.6 Å². The average Bonchev–Trinajstić information content (AvgIpc) is 3.29. The standard InChI is InChI=1S/C18H15BrN2O5S/c1-11(22)21(13-5-3-4-6-14(13)24-2)18-20-12(10-27-18)9-25-17(23)15-7-8-16(19)26-15/h3-8,10H,9H2,1-2H3. The Morgan fingerprint density at radius 1 is 1.26 bits per heavy atom. The van der Waals surface area contributed by atoms with Gasteiger partial charge in [-0.1, -0.05) is 12.1 Å². The number of halogens is 1. The summed E-state index contributed by atoms with van der Waals surface area (Å²) >= 11 is 4.40. The van der Waals surface area contributed by atoms with Crippen LogP contribution in [0.4, 0.5) is 10.8 Å². The first-order valence-electron chi connectivity index (χ1n) is 7.80. The number of esters is 1. The van der Waals surface area contributed by atoms with Crippen LogP contribution in [0.25, 0.3) is 0 Å². The molecule has 140 valence electrons. The first kappa shape index (κ1) is 19.1. The third kappa shape index (κ3) is 4.37. The molecule has 0 atom stereocenters. The molecule has 0 saturated carbocycles. The molecule has 1 aromatic carbocycles. The number of carbonyl (C=O) groups is 2.